The number of hydrogen-bond donors (Lipinski definition) is 0. The van der Waals surface area contributed by atoms with Gasteiger partial charge < -0.3 is 9.64 Å². The third-order valence-electron chi connectivity index (χ3n) is 5.46. The van der Waals surface area contributed by atoms with E-state index in [0.717, 1.165) is 5.39 Å². The third-order valence-corrected chi connectivity index (χ3v) is 5.46. The van der Waals surface area contributed by atoms with Gasteiger partial charge in [-0.2, -0.15) is 15.0 Å². The highest BCUT2D eigenvalue weighted by Gasteiger charge is 2.47. The van der Waals surface area contributed by atoms with Gasteiger partial charge in [0.05, 0.1) is 35.7 Å². The maximum atomic E-state index is 14.7. The maximum Gasteiger partial charge on any atom is 0.287 e. The first kappa shape index (κ1) is 20.0. The van der Waals surface area contributed by atoms with Gasteiger partial charge in [-0.25, -0.2) is 13.8 Å². The van der Waals surface area contributed by atoms with Crippen molar-refractivity contribution in [1.82, 2.24) is 24.9 Å². The summed E-state index contributed by atoms with van der Waals surface area (Å²) >= 11 is 0. The van der Waals surface area contributed by atoms with Crippen molar-refractivity contribution in [3.05, 3.63) is 78.6 Å². The average Bonchev–Trinajstić information content (AvgIpc) is 3.35. The molecule has 2 aromatic carbocycles. The number of fused-ring (bicyclic) bond motifs is 1. The van der Waals surface area contributed by atoms with Crippen LogP contribution in [0, 0.1) is 0 Å². The fourth-order valence-electron chi connectivity index (χ4n) is 3.78. The van der Waals surface area contributed by atoms with Crippen molar-refractivity contribution in [2.75, 3.05) is 13.1 Å². The summed E-state index contributed by atoms with van der Waals surface area (Å²) in [4.78, 5) is 20.3. The highest BCUT2D eigenvalue weighted by Crippen LogP contribution is 2.32. The number of aromatic nitrogens is 4. The fraction of sp³-hybridized carbons (Fsp3) is 0.217. The van der Waals surface area contributed by atoms with Gasteiger partial charge in [0.1, 0.15) is 0 Å². The first-order chi connectivity index (χ1) is 15.5. The molecule has 1 amide bonds. The Kier molecular flexibility index (Phi) is 5.01. The van der Waals surface area contributed by atoms with E-state index in [-0.39, 0.29) is 24.9 Å². The second-order valence-electron chi connectivity index (χ2n) is 7.55. The van der Waals surface area contributed by atoms with Crippen LogP contribution in [0.2, 0.25) is 0 Å². The minimum absolute atomic E-state index is 0.0856. The van der Waals surface area contributed by atoms with E-state index >= 15 is 0 Å². The number of piperidine rings is 1. The van der Waals surface area contributed by atoms with Crippen LogP contribution in [0.1, 0.15) is 16.8 Å². The summed E-state index contributed by atoms with van der Waals surface area (Å²) in [6, 6.07) is 17.5. The minimum Gasteiger partial charge on any atom is -0.466 e. The van der Waals surface area contributed by atoms with Gasteiger partial charge in [-0.05, 0) is 24.3 Å². The summed E-state index contributed by atoms with van der Waals surface area (Å²) in [5.41, 5.74) is 1.46. The number of ether oxygens (including phenoxy) is 1. The zero-order valence-electron chi connectivity index (χ0n) is 16.9. The van der Waals surface area contributed by atoms with Gasteiger partial charge in [0.25, 0.3) is 11.8 Å². The first-order valence-corrected chi connectivity index (χ1v) is 10.2. The van der Waals surface area contributed by atoms with Gasteiger partial charge in [-0.3, -0.25) is 4.79 Å². The Morgan fingerprint density at radius 2 is 1.75 bits per heavy atom. The van der Waals surface area contributed by atoms with Gasteiger partial charge in [0.2, 0.25) is 5.88 Å². The van der Waals surface area contributed by atoms with Gasteiger partial charge in [-0.15, -0.1) is 0 Å². The van der Waals surface area contributed by atoms with Crippen molar-refractivity contribution < 1.29 is 18.3 Å². The number of para-hydroxylation sites is 2. The van der Waals surface area contributed by atoms with Crippen molar-refractivity contribution in [3.63, 3.8) is 0 Å². The van der Waals surface area contributed by atoms with E-state index < -0.39 is 18.4 Å². The lowest BCUT2D eigenvalue weighted by Crippen LogP contribution is -2.55. The van der Waals surface area contributed by atoms with Crippen LogP contribution in [-0.2, 0) is 0 Å². The Hall–Kier alpha value is -3.88. The Morgan fingerprint density at radius 1 is 1.00 bits per heavy atom. The van der Waals surface area contributed by atoms with Crippen molar-refractivity contribution in [3.8, 4) is 11.6 Å². The molecule has 1 aliphatic heterocycles. The Labute approximate surface area is 182 Å². The third kappa shape index (κ3) is 3.77. The van der Waals surface area contributed by atoms with E-state index in [9.17, 15) is 13.6 Å². The molecular formula is C23H19F2N5O2. The number of halogens is 2. The van der Waals surface area contributed by atoms with Crippen LogP contribution in [-0.4, -0.2) is 55.9 Å². The molecule has 3 heterocycles. The standard InChI is InChI=1S/C23H19F2N5O2/c24-23(25)11-14-29(22(31)17-6-2-4-8-19(17)30-26-12-13-27-30)15-20(23)32-21-10-9-16-5-1-3-7-18(16)28-21/h1-10,12-13,20H,11,14-15H2/t20-/m0/s1. The van der Waals surface area contributed by atoms with Crippen LogP contribution in [0.15, 0.2) is 73.1 Å². The molecule has 1 atom stereocenters. The summed E-state index contributed by atoms with van der Waals surface area (Å²) < 4.78 is 35.0. The van der Waals surface area contributed by atoms with Crippen LogP contribution in [0.3, 0.4) is 0 Å². The summed E-state index contributed by atoms with van der Waals surface area (Å²) in [6.07, 6.45) is 0.995. The molecule has 4 aromatic rings. The SMILES string of the molecule is O=C(c1ccccc1-n1nccn1)N1CCC(F)(F)[C@@H](Oc2ccc3ccccc3n2)C1. The number of benzene rings is 2. The van der Waals surface area contributed by atoms with Crippen molar-refractivity contribution in [2.24, 2.45) is 0 Å². The van der Waals surface area contributed by atoms with Gasteiger partial charge >= 0.3 is 0 Å². The number of rotatable bonds is 4. The predicted molar refractivity (Wildman–Crippen MR) is 113 cm³/mol. The number of carbonyl (C=O) groups is 1. The normalized spacial score (nSPS) is 17.9. The number of carbonyl (C=O) groups excluding carboxylic acids is 1. The van der Waals surface area contributed by atoms with E-state index in [1.807, 2.05) is 18.2 Å². The molecule has 162 valence electrons. The Bertz CT molecular complexity index is 1260. The molecular weight excluding hydrogens is 416 g/mol. The largest absolute Gasteiger partial charge is 0.466 e. The molecule has 1 fully saturated rings. The Morgan fingerprint density at radius 3 is 2.59 bits per heavy atom. The van der Waals surface area contributed by atoms with Crippen molar-refractivity contribution >= 4 is 16.8 Å². The Balaban J connectivity index is 1.39. The number of pyridine rings is 1. The quantitative estimate of drug-likeness (QED) is 0.488. The highest BCUT2D eigenvalue weighted by molar-refractivity contribution is 5.97. The predicted octanol–water partition coefficient (Wildman–Crippen LogP) is 3.74. The van der Waals surface area contributed by atoms with Crippen LogP contribution in [0.5, 0.6) is 5.88 Å². The summed E-state index contributed by atoms with van der Waals surface area (Å²) in [5, 5.41) is 9.04. The molecule has 32 heavy (non-hydrogen) atoms. The zero-order valence-corrected chi connectivity index (χ0v) is 16.9. The average molecular weight is 435 g/mol. The lowest BCUT2D eigenvalue weighted by molar-refractivity contribution is -0.131. The lowest BCUT2D eigenvalue weighted by atomic mass is 10.0. The van der Waals surface area contributed by atoms with Crippen LogP contribution >= 0.6 is 0 Å². The summed E-state index contributed by atoms with van der Waals surface area (Å²) in [5.74, 6) is -3.37. The van der Waals surface area contributed by atoms with E-state index in [4.69, 9.17) is 4.74 Å². The zero-order chi connectivity index (χ0) is 22.1. The molecule has 2 aromatic heterocycles. The number of alkyl halides is 2. The second kappa shape index (κ2) is 7.99. The smallest absolute Gasteiger partial charge is 0.287 e. The molecule has 0 bridgehead atoms. The minimum atomic E-state index is -3.09. The monoisotopic (exact) mass is 435 g/mol. The molecule has 0 aliphatic carbocycles. The van der Waals surface area contributed by atoms with Gasteiger partial charge in [-0.1, -0.05) is 30.3 Å². The lowest BCUT2D eigenvalue weighted by Gasteiger charge is -2.38. The van der Waals surface area contributed by atoms with Crippen molar-refractivity contribution in [2.45, 2.75) is 18.4 Å². The molecule has 0 spiro atoms. The molecule has 1 aliphatic rings. The fourth-order valence-corrected chi connectivity index (χ4v) is 3.78. The molecule has 0 saturated carbocycles. The van der Waals surface area contributed by atoms with E-state index in [1.54, 1.807) is 42.5 Å². The second-order valence-corrected chi connectivity index (χ2v) is 7.55. The highest BCUT2D eigenvalue weighted by atomic mass is 19.3. The maximum absolute atomic E-state index is 14.7. The molecule has 0 N–H and O–H groups in total. The van der Waals surface area contributed by atoms with Gasteiger partial charge in [0.15, 0.2) is 6.10 Å². The molecule has 5 rings (SSSR count). The number of amides is 1. The number of nitrogens with zero attached hydrogens (tertiary/aromatic N) is 5. The number of hydrogen-bond acceptors (Lipinski definition) is 5. The van der Waals surface area contributed by atoms with Gasteiger partial charge in [0, 0.05) is 24.4 Å². The van der Waals surface area contributed by atoms with E-state index in [1.165, 1.54) is 22.1 Å². The molecule has 9 heteroatoms. The van der Waals surface area contributed by atoms with E-state index in [2.05, 4.69) is 15.2 Å². The molecule has 0 unspecified atom stereocenters. The number of likely N-dealkylation sites (tertiary alicyclic amines) is 1. The molecule has 7 nitrogen and oxygen atoms in total. The summed E-state index contributed by atoms with van der Waals surface area (Å²) in [7, 11) is 0. The molecule has 0 radical (unpaired) electrons. The topological polar surface area (TPSA) is 73.1 Å². The first-order valence-electron chi connectivity index (χ1n) is 10.2. The van der Waals surface area contributed by atoms with Crippen LogP contribution in [0.4, 0.5) is 8.78 Å². The van der Waals surface area contributed by atoms with Crippen LogP contribution < -0.4 is 4.74 Å². The van der Waals surface area contributed by atoms with Crippen molar-refractivity contribution in [1.29, 1.82) is 0 Å². The van der Waals surface area contributed by atoms with Crippen LogP contribution in [0.25, 0.3) is 16.6 Å². The molecule has 1 saturated heterocycles. The van der Waals surface area contributed by atoms with E-state index in [0.29, 0.717) is 16.8 Å². The summed E-state index contributed by atoms with van der Waals surface area (Å²) in [6.45, 7) is -0.348.